The number of Topliss-reactive ketones (excluding diaryl/α,β-unsaturated/α-hetero) is 1. The van der Waals surface area contributed by atoms with Gasteiger partial charge in [0, 0.05) is 23.6 Å². The molecule has 4 rings (SSSR count). The van der Waals surface area contributed by atoms with E-state index in [1.54, 1.807) is 17.0 Å². The summed E-state index contributed by atoms with van der Waals surface area (Å²) in [5.41, 5.74) is 10.2. The number of H-pyrrole nitrogens is 1. The number of aromatic hydroxyl groups is 1. The third-order valence-corrected chi connectivity index (χ3v) is 5.48. The zero-order valence-electron chi connectivity index (χ0n) is 16.6. The van der Waals surface area contributed by atoms with Gasteiger partial charge < -0.3 is 10.8 Å². The molecular weight excluding hydrogens is 386 g/mol. The molecular formula is C20H23N7O3. The molecule has 2 aliphatic rings. The minimum Gasteiger partial charge on any atom is -0.508 e. The van der Waals surface area contributed by atoms with Crippen molar-refractivity contribution in [3.05, 3.63) is 58.8 Å². The van der Waals surface area contributed by atoms with Crippen molar-refractivity contribution in [2.45, 2.75) is 32.6 Å². The molecule has 0 saturated carbocycles. The van der Waals surface area contributed by atoms with Crippen molar-refractivity contribution in [1.29, 1.82) is 0 Å². The first-order valence-electron chi connectivity index (χ1n) is 9.45. The van der Waals surface area contributed by atoms with Gasteiger partial charge in [0.25, 0.3) is 5.91 Å². The van der Waals surface area contributed by atoms with Crippen molar-refractivity contribution in [1.82, 2.24) is 20.6 Å². The van der Waals surface area contributed by atoms with E-state index in [2.05, 4.69) is 20.6 Å². The van der Waals surface area contributed by atoms with Crippen molar-refractivity contribution < 1.29 is 14.7 Å². The van der Waals surface area contributed by atoms with Crippen LogP contribution >= 0.6 is 0 Å². The van der Waals surface area contributed by atoms with Gasteiger partial charge in [0.1, 0.15) is 17.9 Å². The third kappa shape index (κ3) is 3.11. The highest BCUT2D eigenvalue weighted by Crippen LogP contribution is 2.49. The fourth-order valence-corrected chi connectivity index (χ4v) is 4.26. The number of carbonyl (C=O) groups is 2. The van der Waals surface area contributed by atoms with Crippen LogP contribution in [0.15, 0.2) is 53.3 Å². The van der Waals surface area contributed by atoms with Crippen LogP contribution in [0.3, 0.4) is 0 Å². The van der Waals surface area contributed by atoms with Crippen LogP contribution in [-0.4, -0.2) is 32.0 Å². The Balaban J connectivity index is 2.02. The van der Waals surface area contributed by atoms with Gasteiger partial charge in [-0.15, -0.1) is 0 Å². The Kier molecular flexibility index (Phi) is 4.58. The maximum absolute atomic E-state index is 13.4. The van der Waals surface area contributed by atoms with Crippen molar-refractivity contribution in [3.8, 4) is 5.75 Å². The largest absolute Gasteiger partial charge is 0.508 e. The fourth-order valence-electron chi connectivity index (χ4n) is 4.26. The van der Waals surface area contributed by atoms with Gasteiger partial charge in [0.05, 0.1) is 5.57 Å². The van der Waals surface area contributed by atoms with Crippen molar-refractivity contribution in [3.63, 3.8) is 0 Å². The molecule has 0 bridgehead atoms. The van der Waals surface area contributed by atoms with E-state index in [1.807, 2.05) is 13.8 Å². The zero-order chi connectivity index (χ0) is 21.6. The van der Waals surface area contributed by atoms with Gasteiger partial charge in [-0.25, -0.2) is 10.9 Å². The number of anilines is 1. The number of ketones is 1. The number of hydrogen-bond acceptors (Lipinski definition) is 8. The molecule has 1 aromatic heterocycles. The van der Waals surface area contributed by atoms with Crippen LogP contribution in [-0.2, 0) is 9.59 Å². The Bertz CT molecular complexity index is 1070. The number of aromatic nitrogens is 3. The van der Waals surface area contributed by atoms with E-state index in [-0.39, 0.29) is 28.3 Å². The number of phenolic OH excluding ortho intramolecular Hbond substituents is 1. The number of hydrazine groups is 1. The molecule has 2 heterocycles. The lowest BCUT2D eigenvalue weighted by Crippen LogP contribution is -2.46. The number of allylic oxidation sites excluding steroid dienone is 2. The first-order chi connectivity index (χ1) is 14.2. The lowest BCUT2D eigenvalue weighted by molar-refractivity contribution is -0.118. The van der Waals surface area contributed by atoms with Gasteiger partial charge in [-0.3, -0.25) is 19.9 Å². The van der Waals surface area contributed by atoms with Crippen molar-refractivity contribution in [2.75, 3.05) is 4.90 Å². The molecule has 1 aliphatic carbocycles. The molecule has 0 radical (unpaired) electrons. The molecule has 10 heteroatoms. The number of rotatable bonds is 3. The molecule has 0 fully saturated rings. The van der Waals surface area contributed by atoms with E-state index in [4.69, 9.17) is 11.6 Å². The highest BCUT2D eigenvalue weighted by atomic mass is 16.3. The van der Waals surface area contributed by atoms with Gasteiger partial charge in [-0.2, -0.15) is 10.1 Å². The minimum atomic E-state index is -0.730. The normalized spacial score (nSPS) is 21.0. The minimum absolute atomic E-state index is 0.0740. The molecule has 1 amide bonds. The predicted molar refractivity (Wildman–Crippen MR) is 108 cm³/mol. The van der Waals surface area contributed by atoms with Gasteiger partial charge in [0.15, 0.2) is 5.78 Å². The Hall–Kier alpha value is -3.66. The number of aromatic amines is 1. The van der Waals surface area contributed by atoms with Crippen molar-refractivity contribution >= 4 is 17.6 Å². The fraction of sp³-hybridized carbons (Fsp3) is 0.300. The Morgan fingerprint density at radius 1 is 1.30 bits per heavy atom. The molecule has 1 aliphatic heterocycles. The van der Waals surface area contributed by atoms with Crippen LogP contribution in [0.4, 0.5) is 5.95 Å². The van der Waals surface area contributed by atoms with E-state index < -0.39 is 11.8 Å². The summed E-state index contributed by atoms with van der Waals surface area (Å²) in [5.74, 6) is 4.51. The quantitative estimate of drug-likeness (QED) is 0.284. The second kappa shape index (κ2) is 6.99. The lowest BCUT2D eigenvalue weighted by Gasteiger charge is -2.43. The maximum Gasteiger partial charge on any atom is 0.265 e. The third-order valence-electron chi connectivity index (χ3n) is 5.48. The van der Waals surface area contributed by atoms with E-state index >= 15 is 0 Å². The summed E-state index contributed by atoms with van der Waals surface area (Å²) >= 11 is 0. The predicted octanol–water partition coefficient (Wildman–Crippen LogP) is 0.918. The summed E-state index contributed by atoms with van der Waals surface area (Å²) in [7, 11) is 0. The average Bonchev–Trinajstić information content (AvgIpc) is 3.20. The number of amides is 1. The summed E-state index contributed by atoms with van der Waals surface area (Å²) in [5, 5.41) is 16.4. The molecule has 10 nitrogen and oxygen atoms in total. The van der Waals surface area contributed by atoms with Crippen LogP contribution < -0.4 is 21.9 Å². The number of phenols is 1. The highest BCUT2D eigenvalue weighted by molar-refractivity contribution is 6.06. The molecule has 0 saturated heterocycles. The number of nitrogens with zero attached hydrogens (tertiary/aromatic N) is 3. The van der Waals surface area contributed by atoms with E-state index in [1.165, 1.54) is 18.5 Å². The first kappa shape index (κ1) is 19.6. The summed E-state index contributed by atoms with van der Waals surface area (Å²) in [6.45, 7) is 4.01. The van der Waals surface area contributed by atoms with Crippen LogP contribution in [0, 0.1) is 5.41 Å². The molecule has 1 atom stereocenters. The van der Waals surface area contributed by atoms with Crippen LogP contribution in [0.2, 0.25) is 0 Å². The average molecular weight is 409 g/mol. The highest BCUT2D eigenvalue weighted by Gasteiger charge is 2.46. The Morgan fingerprint density at radius 3 is 2.60 bits per heavy atom. The van der Waals surface area contributed by atoms with E-state index in [9.17, 15) is 14.7 Å². The second-order valence-corrected chi connectivity index (χ2v) is 8.24. The maximum atomic E-state index is 13.4. The van der Waals surface area contributed by atoms with Crippen molar-refractivity contribution in [2.24, 2.45) is 17.0 Å². The summed E-state index contributed by atoms with van der Waals surface area (Å²) in [4.78, 5) is 31.9. The Morgan fingerprint density at radius 2 is 2.00 bits per heavy atom. The van der Waals surface area contributed by atoms with Crippen LogP contribution in [0.1, 0.15) is 38.2 Å². The van der Waals surface area contributed by atoms with Crippen LogP contribution in [0.5, 0.6) is 5.75 Å². The lowest BCUT2D eigenvalue weighted by atomic mass is 9.68. The monoisotopic (exact) mass is 409 g/mol. The summed E-state index contributed by atoms with van der Waals surface area (Å²) in [6.07, 6.45) is 2.19. The SMILES string of the molecule is CC1(C)CC(=O)C2=C(C1)N(c1ncn[nH]1)C(N)=C(C(=O)NN)C2c1ccc(O)cc1. The van der Waals surface area contributed by atoms with Gasteiger partial charge >= 0.3 is 0 Å². The van der Waals surface area contributed by atoms with Gasteiger partial charge in [-0.05, 0) is 29.5 Å². The number of nitrogens with one attached hydrogen (secondary N) is 2. The van der Waals surface area contributed by atoms with Gasteiger partial charge in [0.2, 0.25) is 5.95 Å². The molecule has 156 valence electrons. The van der Waals surface area contributed by atoms with Crippen LogP contribution in [0.25, 0.3) is 0 Å². The Labute approximate surface area is 172 Å². The number of nitrogens with two attached hydrogens (primary N) is 2. The standard InChI is InChI=1S/C20H23N7O3/c1-20(2)7-12-15(13(29)8-20)14(10-3-5-11(28)6-4-10)16(18(30)25-22)17(21)27(12)19-23-9-24-26-19/h3-6,9,14,28H,7-8,21-22H2,1-2H3,(H,25,30)(H,23,24,26). The molecule has 1 aromatic carbocycles. The molecule has 0 spiro atoms. The number of benzene rings is 1. The summed E-state index contributed by atoms with van der Waals surface area (Å²) < 4.78 is 0. The summed E-state index contributed by atoms with van der Waals surface area (Å²) in [6, 6.07) is 6.34. The van der Waals surface area contributed by atoms with Gasteiger partial charge in [-0.1, -0.05) is 26.0 Å². The first-order valence-corrected chi connectivity index (χ1v) is 9.45. The molecule has 7 N–H and O–H groups in total. The topological polar surface area (TPSA) is 163 Å². The second-order valence-electron chi connectivity index (χ2n) is 8.24. The smallest absolute Gasteiger partial charge is 0.265 e. The van der Waals surface area contributed by atoms with E-state index in [0.29, 0.717) is 35.6 Å². The van der Waals surface area contributed by atoms with E-state index in [0.717, 1.165) is 0 Å². The number of carbonyl (C=O) groups excluding carboxylic acids is 2. The zero-order valence-corrected chi connectivity index (χ0v) is 16.6. The molecule has 30 heavy (non-hydrogen) atoms. The molecule has 2 aromatic rings. The number of hydrogen-bond donors (Lipinski definition) is 5. The molecule has 1 unspecified atom stereocenters.